The summed E-state index contributed by atoms with van der Waals surface area (Å²) in [6, 6.07) is 11.3. The number of amides is 1. The number of halogens is 1. The average Bonchev–Trinajstić information content (AvgIpc) is 3.66. The molecule has 1 unspecified atom stereocenters. The molecule has 2 aliphatic rings. The molecule has 1 aromatic carbocycles. The van der Waals surface area contributed by atoms with Crippen LogP contribution in [0.2, 0.25) is 0 Å². The van der Waals surface area contributed by atoms with Gasteiger partial charge in [0.1, 0.15) is 29.0 Å². The van der Waals surface area contributed by atoms with Crippen molar-refractivity contribution in [3.8, 4) is 5.75 Å². The molecule has 2 fully saturated rings. The van der Waals surface area contributed by atoms with Crippen molar-refractivity contribution in [2.75, 3.05) is 36.0 Å². The monoisotopic (exact) mass is 609 g/mol. The Balaban J connectivity index is 1.26. The van der Waals surface area contributed by atoms with Crippen LogP contribution >= 0.6 is 0 Å². The molecule has 0 aliphatic carbocycles. The molecular weight excluding hydrogens is 577 g/mol. The molecule has 3 aromatic heterocycles. The number of aryl methyl sites for hydroxylation is 1. The Labute approximate surface area is 248 Å². The molecule has 4 aromatic rings. The number of nitrogens with zero attached hydrogens (tertiary/aromatic N) is 6. The number of benzene rings is 1. The van der Waals surface area contributed by atoms with E-state index >= 15 is 0 Å². The van der Waals surface area contributed by atoms with Gasteiger partial charge in [-0.15, -0.1) is 5.10 Å². The SMILES string of the molecule is Cc1ccc(N(C)S(=O)(=O)NC(=O)c2cnc3ccc(N4CCCC4c4cc(F)ccc4OC4CCOCC4)cn23)nn1. The lowest BCUT2D eigenvalue weighted by molar-refractivity contribution is 0.0250. The molecule has 1 atom stereocenters. The van der Waals surface area contributed by atoms with Crippen molar-refractivity contribution in [1.29, 1.82) is 0 Å². The molecule has 12 nitrogen and oxygen atoms in total. The van der Waals surface area contributed by atoms with E-state index in [1.54, 1.807) is 35.7 Å². The second kappa shape index (κ2) is 11.8. The fourth-order valence-electron chi connectivity index (χ4n) is 5.49. The fourth-order valence-corrected chi connectivity index (χ4v) is 6.31. The molecule has 6 rings (SSSR count). The van der Waals surface area contributed by atoms with Gasteiger partial charge in [0.15, 0.2) is 5.82 Å². The highest BCUT2D eigenvalue weighted by atomic mass is 32.2. The van der Waals surface area contributed by atoms with Crippen LogP contribution in [-0.4, -0.2) is 66.8 Å². The quantitative estimate of drug-likeness (QED) is 0.318. The Hall–Kier alpha value is -4.30. The molecule has 43 heavy (non-hydrogen) atoms. The number of hydrogen-bond acceptors (Lipinski definition) is 9. The Morgan fingerprint density at radius 3 is 2.70 bits per heavy atom. The van der Waals surface area contributed by atoms with E-state index in [0.717, 1.165) is 41.2 Å². The lowest BCUT2D eigenvalue weighted by atomic mass is 10.0. The highest BCUT2D eigenvalue weighted by Gasteiger charge is 2.31. The third-order valence-corrected chi connectivity index (χ3v) is 9.14. The number of pyridine rings is 1. The summed E-state index contributed by atoms with van der Waals surface area (Å²) < 4.78 is 56.8. The molecular formula is C29H32FN7O5S. The van der Waals surface area contributed by atoms with Gasteiger partial charge in [-0.05, 0) is 62.2 Å². The summed E-state index contributed by atoms with van der Waals surface area (Å²) in [5, 5.41) is 7.76. The molecule has 14 heteroatoms. The number of fused-ring (bicyclic) bond motifs is 1. The van der Waals surface area contributed by atoms with E-state index in [-0.39, 0.29) is 29.5 Å². The Kier molecular flexibility index (Phi) is 7.88. The summed E-state index contributed by atoms with van der Waals surface area (Å²) in [4.78, 5) is 19.7. The molecule has 2 aliphatic heterocycles. The first kappa shape index (κ1) is 28.8. The van der Waals surface area contributed by atoms with Crippen LogP contribution in [0.5, 0.6) is 5.75 Å². The minimum Gasteiger partial charge on any atom is -0.490 e. The van der Waals surface area contributed by atoms with Crippen molar-refractivity contribution in [2.45, 2.75) is 44.8 Å². The fraction of sp³-hybridized carbons (Fsp3) is 0.379. The van der Waals surface area contributed by atoms with Gasteiger partial charge in [0.25, 0.3) is 5.91 Å². The summed E-state index contributed by atoms with van der Waals surface area (Å²) in [6.45, 7) is 3.70. The highest BCUT2D eigenvalue weighted by Crippen LogP contribution is 2.41. The molecule has 0 bridgehead atoms. The predicted octanol–water partition coefficient (Wildman–Crippen LogP) is 3.58. The number of aromatic nitrogens is 4. The van der Waals surface area contributed by atoms with Gasteiger partial charge >= 0.3 is 10.2 Å². The van der Waals surface area contributed by atoms with Gasteiger partial charge in [-0.1, -0.05) is 0 Å². The number of anilines is 2. The van der Waals surface area contributed by atoms with Crippen molar-refractivity contribution >= 4 is 33.3 Å². The number of nitrogens with one attached hydrogen (secondary N) is 1. The molecule has 0 spiro atoms. The third-order valence-electron chi connectivity index (χ3n) is 7.79. The van der Waals surface area contributed by atoms with E-state index in [0.29, 0.717) is 36.8 Å². The maximum absolute atomic E-state index is 14.5. The van der Waals surface area contributed by atoms with Crippen molar-refractivity contribution in [3.63, 3.8) is 0 Å². The van der Waals surface area contributed by atoms with E-state index in [9.17, 15) is 17.6 Å². The van der Waals surface area contributed by atoms with Gasteiger partial charge in [-0.25, -0.2) is 18.4 Å². The maximum atomic E-state index is 14.5. The number of hydrogen-bond donors (Lipinski definition) is 1. The van der Waals surface area contributed by atoms with Gasteiger partial charge in [0, 0.05) is 38.2 Å². The summed E-state index contributed by atoms with van der Waals surface area (Å²) in [6.07, 6.45) is 6.28. The first-order valence-electron chi connectivity index (χ1n) is 14.1. The number of carbonyl (C=O) groups is 1. The summed E-state index contributed by atoms with van der Waals surface area (Å²) in [7, 11) is -3.01. The molecule has 1 N–H and O–H groups in total. The second-order valence-corrected chi connectivity index (χ2v) is 12.4. The van der Waals surface area contributed by atoms with Crippen LogP contribution in [0, 0.1) is 12.7 Å². The van der Waals surface area contributed by atoms with Crippen LogP contribution in [0.3, 0.4) is 0 Å². The molecule has 2 saturated heterocycles. The van der Waals surface area contributed by atoms with Gasteiger partial charge < -0.3 is 14.4 Å². The van der Waals surface area contributed by atoms with E-state index in [4.69, 9.17) is 9.47 Å². The summed E-state index contributed by atoms with van der Waals surface area (Å²) in [5.41, 5.74) is 2.67. The highest BCUT2D eigenvalue weighted by molar-refractivity contribution is 7.91. The average molecular weight is 610 g/mol. The Morgan fingerprint density at radius 1 is 1.12 bits per heavy atom. The normalized spacial score (nSPS) is 17.7. The lowest BCUT2D eigenvalue weighted by Gasteiger charge is -2.30. The predicted molar refractivity (Wildman–Crippen MR) is 157 cm³/mol. The lowest BCUT2D eigenvalue weighted by Crippen LogP contribution is -2.42. The Morgan fingerprint density at radius 2 is 1.93 bits per heavy atom. The zero-order chi connectivity index (χ0) is 30.1. The molecule has 1 amide bonds. The van der Waals surface area contributed by atoms with Gasteiger partial charge in [-0.2, -0.15) is 13.5 Å². The van der Waals surface area contributed by atoms with Crippen LogP contribution in [0.4, 0.5) is 15.9 Å². The largest absolute Gasteiger partial charge is 0.490 e. The summed E-state index contributed by atoms with van der Waals surface area (Å²) in [5.74, 6) is -0.481. The first-order valence-corrected chi connectivity index (χ1v) is 15.5. The van der Waals surface area contributed by atoms with Crippen LogP contribution < -0.4 is 18.7 Å². The van der Waals surface area contributed by atoms with Crippen LogP contribution in [0.1, 0.15) is 53.5 Å². The zero-order valence-electron chi connectivity index (χ0n) is 23.8. The molecule has 5 heterocycles. The Bertz CT molecular complexity index is 1740. The van der Waals surface area contributed by atoms with Crippen LogP contribution in [-0.2, 0) is 14.9 Å². The summed E-state index contributed by atoms with van der Waals surface area (Å²) >= 11 is 0. The topological polar surface area (TPSA) is 131 Å². The zero-order valence-corrected chi connectivity index (χ0v) is 24.6. The number of imidazole rings is 1. The van der Waals surface area contributed by atoms with Crippen LogP contribution in [0.25, 0.3) is 5.65 Å². The molecule has 0 radical (unpaired) electrons. The first-order chi connectivity index (χ1) is 20.7. The second-order valence-electron chi connectivity index (χ2n) is 10.7. The van der Waals surface area contributed by atoms with Gasteiger partial charge in [0.2, 0.25) is 0 Å². The number of rotatable bonds is 8. The number of carbonyl (C=O) groups excluding carboxylic acids is 1. The van der Waals surface area contributed by atoms with E-state index in [1.165, 1.54) is 31.4 Å². The van der Waals surface area contributed by atoms with E-state index in [2.05, 4.69) is 24.8 Å². The van der Waals surface area contributed by atoms with Crippen LogP contribution in [0.15, 0.2) is 54.9 Å². The van der Waals surface area contributed by atoms with E-state index in [1.807, 2.05) is 6.07 Å². The minimum atomic E-state index is -4.29. The maximum Gasteiger partial charge on any atom is 0.327 e. The van der Waals surface area contributed by atoms with Gasteiger partial charge in [-0.3, -0.25) is 9.20 Å². The van der Waals surface area contributed by atoms with Crippen molar-refractivity contribution in [1.82, 2.24) is 24.3 Å². The molecule has 226 valence electrons. The standard InChI is InChI=1S/C29H32FN7O5S/c1-19-5-9-28(33-32-19)35(2)43(39,40)34-29(38)25-17-31-27-10-7-21(18-37(25)27)36-13-3-4-24(36)23-16-20(30)6-8-26(23)42-22-11-14-41-15-12-22/h5-10,16-18,22,24H,3-4,11-15H2,1-2H3,(H,34,38). The van der Waals surface area contributed by atoms with Crippen molar-refractivity contribution in [2.24, 2.45) is 0 Å². The molecule has 0 saturated carbocycles. The van der Waals surface area contributed by atoms with Gasteiger partial charge in [0.05, 0.1) is 36.8 Å². The van der Waals surface area contributed by atoms with E-state index < -0.39 is 16.1 Å². The van der Waals surface area contributed by atoms with Crippen molar-refractivity contribution < 1.29 is 27.1 Å². The minimum absolute atomic E-state index is 0.00422. The third kappa shape index (κ3) is 5.97. The number of ether oxygens (including phenoxy) is 2. The van der Waals surface area contributed by atoms with Crippen molar-refractivity contribution in [3.05, 3.63) is 77.6 Å². The smallest absolute Gasteiger partial charge is 0.327 e.